The maximum absolute atomic E-state index is 13.1. The number of carbonyl (C=O) groups is 2. The van der Waals surface area contributed by atoms with E-state index in [1.165, 1.54) is 35.5 Å². The predicted molar refractivity (Wildman–Crippen MR) is 159 cm³/mol. The number of carbonyl (C=O) groups excluding carboxylic acids is 1. The molecule has 1 aliphatic carbocycles. The Hall–Kier alpha value is -4.63. The fourth-order valence-corrected chi connectivity index (χ4v) is 6.09. The van der Waals surface area contributed by atoms with Crippen LogP contribution in [0.4, 0.5) is 0 Å². The van der Waals surface area contributed by atoms with Crippen molar-refractivity contribution in [2.24, 2.45) is 5.92 Å². The normalized spacial score (nSPS) is 19.0. The minimum absolute atomic E-state index is 0.00272. The number of likely N-dealkylation sites (tertiary alicyclic amines) is 1. The summed E-state index contributed by atoms with van der Waals surface area (Å²) in [4.78, 5) is 41.6. The number of aromatic carboxylic acids is 1. The average molecular weight is 567 g/mol. The Balaban J connectivity index is 1.28. The van der Waals surface area contributed by atoms with Gasteiger partial charge in [0.15, 0.2) is 0 Å². The largest absolute Gasteiger partial charge is 0.478 e. The molecule has 1 aromatic heterocycles. The zero-order valence-electron chi connectivity index (χ0n) is 23.3. The number of nitro groups is 1. The molecular formula is C33H34N4O5. The average Bonchev–Trinajstić information content (AvgIpc) is 3.04. The van der Waals surface area contributed by atoms with E-state index in [-0.39, 0.29) is 34.3 Å². The molecule has 2 heterocycles. The van der Waals surface area contributed by atoms with Gasteiger partial charge in [0.2, 0.25) is 0 Å². The highest BCUT2D eigenvalue weighted by Gasteiger charge is 2.38. The molecule has 1 amide bonds. The number of hydrogen-bond acceptors (Lipinski definition) is 6. The number of nitrogens with zero attached hydrogens (tertiary/aromatic N) is 3. The zero-order valence-corrected chi connectivity index (χ0v) is 23.3. The van der Waals surface area contributed by atoms with Crippen molar-refractivity contribution in [3.63, 3.8) is 0 Å². The molecule has 0 saturated carbocycles. The van der Waals surface area contributed by atoms with Crippen molar-refractivity contribution in [1.82, 2.24) is 15.2 Å². The molecule has 1 fully saturated rings. The van der Waals surface area contributed by atoms with Gasteiger partial charge in [0.05, 0.1) is 10.5 Å². The minimum Gasteiger partial charge on any atom is -0.478 e. The van der Waals surface area contributed by atoms with E-state index < -0.39 is 16.8 Å². The van der Waals surface area contributed by atoms with Gasteiger partial charge in [0.25, 0.3) is 11.6 Å². The lowest BCUT2D eigenvalue weighted by Crippen LogP contribution is -2.46. The number of carboxylic acid groups (broad SMARTS) is 1. The maximum atomic E-state index is 13.1. The molecule has 216 valence electrons. The van der Waals surface area contributed by atoms with Crippen LogP contribution in [0, 0.1) is 16.0 Å². The molecule has 42 heavy (non-hydrogen) atoms. The molecule has 0 spiro atoms. The number of piperidine rings is 1. The van der Waals surface area contributed by atoms with Crippen molar-refractivity contribution in [2.75, 3.05) is 19.6 Å². The van der Waals surface area contributed by atoms with Crippen LogP contribution in [0.2, 0.25) is 0 Å². The van der Waals surface area contributed by atoms with E-state index in [4.69, 9.17) is 5.11 Å². The molecule has 9 nitrogen and oxygen atoms in total. The summed E-state index contributed by atoms with van der Waals surface area (Å²) >= 11 is 0. The fourth-order valence-electron chi connectivity index (χ4n) is 6.09. The second-order valence-corrected chi connectivity index (χ2v) is 10.9. The van der Waals surface area contributed by atoms with Crippen molar-refractivity contribution in [3.8, 4) is 0 Å². The highest BCUT2D eigenvalue weighted by Crippen LogP contribution is 2.41. The molecule has 0 radical (unpaired) electrons. The van der Waals surface area contributed by atoms with Crippen molar-refractivity contribution < 1.29 is 19.6 Å². The van der Waals surface area contributed by atoms with Gasteiger partial charge in [-0.3, -0.25) is 19.9 Å². The smallest absolute Gasteiger partial charge is 0.337 e. The van der Waals surface area contributed by atoms with Crippen molar-refractivity contribution in [2.45, 2.75) is 37.1 Å². The summed E-state index contributed by atoms with van der Waals surface area (Å²) in [5, 5.41) is 23.4. The molecule has 1 saturated heterocycles. The van der Waals surface area contributed by atoms with Gasteiger partial charge in [-0.25, -0.2) is 4.79 Å². The molecule has 2 atom stereocenters. The van der Waals surface area contributed by atoms with Gasteiger partial charge in [-0.05, 0) is 68.1 Å². The molecule has 2 unspecified atom stereocenters. The zero-order chi connectivity index (χ0) is 29.5. The number of hydrogen-bond donors (Lipinski definition) is 2. The summed E-state index contributed by atoms with van der Waals surface area (Å²) in [6.45, 7) is 2.55. The van der Waals surface area contributed by atoms with Gasteiger partial charge >= 0.3 is 5.97 Å². The third-order valence-electron chi connectivity index (χ3n) is 8.52. The number of allylic oxidation sites excluding steroid dienone is 2. The first-order valence-corrected chi connectivity index (χ1v) is 14.2. The number of benzene rings is 2. The topological polar surface area (TPSA) is 126 Å². The molecule has 2 aromatic carbocycles. The van der Waals surface area contributed by atoms with Crippen LogP contribution in [0.5, 0.6) is 0 Å². The SMILES string of the molecule is O=C(O)c1ccc(C(=O)NC(CCN2CCC(c3ccccc3)(c3ccccc3)CC2)C2C=CC([N+](=O)[O-])=CC2)nc1. The molecule has 0 bridgehead atoms. The van der Waals surface area contributed by atoms with Crippen LogP contribution in [0.25, 0.3) is 0 Å². The Kier molecular flexibility index (Phi) is 8.88. The first-order valence-electron chi connectivity index (χ1n) is 14.2. The van der Waals surface area contributed by atoms with Crippen LogP contribution in [0.3, 0.4) is 0 Å². The van der Waals surface area contributed by atoms with E-state index in [1.54, 1.807) is 12.2 Å². The highest BCUT2D eigenvalue weighted by molar-refractivity contribution is 5.94. The van der Waals surface area contributed by atoms with E-state index in [1.807, 2.05) is 12.1 Å². The molecule has 2 N–H and O–H groups in total. The third-order valence-corrected chi connectivity index (χ3v) is 8.52. The minimum atomic E-state index is -1.11. The van der Waals surface area contributed by atoms with Crippen molar-refractivity contribution >= 4 is 11.9 Å². The molecule has 2 aliphatic rings. The predicted octanol–water partition coefficient (Wildman–Crippen LogP) is 5.09. The molecule has 3 aromatic rings. The second-order valence-electron chi connectivity index (χ2n) is 10.9. The number of amides is 1. The van der Waals surface area contributed by atoms with Gasteiger partial charge < -0.3 is 15.3 Å². The van der Waals surface area contributed by atoms with E-state index in [9.17, 15) is 19.7 Å². The van der Waals surface area contributed by atoms with E-state index in [0.717, 1.165) is 32.5 Å². The lowest BCUT2D eigenvalue weighted by molar-refractivity contribution is -0.419. The van der Waals surface area contributed by atoms with Crippen molar-refractivity contribution in [1.29, 1.82) is 0 Å². The highest BCUT2D eigenvalue weighted by atomic mass is 16.6. The first kappa shape index (κ1) is 28.9. The Morgan fingerprint density at radius 2 is 1.67 bits per heavy atom. The summed E-state index contributed by atoms with van der Waals surface area (Å²) in [5.41, 5.74) is 2.77. The Labute approximate surface area is 244 Å². The third kappa shape index (κ3) is 6.47. The van der Waals surface area contributed by atoms with Crippen molar-refractivity contribution in [3.05, 3.63) is 135 Å². The van der Waals surface area contributed by atoms with Crippen LogP contribution in [0.1, 0.15) is 57.7 Å². The number of rotatable bonds is 10. The standard InChI is InChI=1S/C33H34N4O5/c38-31(30-16-13-25(23-34-30)32(39)40)35-29(24-11-14-28(15-12-24)37(41)42)17-20-36-21-18-33(19-22-36,26-7-3-1-4-8-26)27-9-5-2-6-10-27/h1-11,13-16,23-24,29H,12,17-22H2,(H,35,38)(H,39,40). The van der Waals surface area contributed by atoms with E-state index >= 15 is 0 Å². The van der Waals surface area contributed by atoms with E-state index in [0.29, 0.717) is 12.8 Å². The summed E-state index contributed by atoms with van der Waals surface area (Å²) in [6.07, 6.45) is 9.09. The molecular weight excluding hydrogens is 532 g/mol. The van der Waals surface area contributed by atoms with Gasteiger partial charge in [0, 0.05) is 36.2 Å². The summed E-state index contributed by atoms with van der Waals surface area (Å²) in [5.74, 6) is -1.63. The lowest BCUT2D eigenvalue weighted by atomic mass is 9.68. The van der Waals surface area contributed by atoms with Gasteiger partial charge in [-0.1, -0.05) is 66.7 Å². The summed E-state index contributed by atoms with van der Waals surface area (Å²) < 4.78 is 0. The van der Waals surface area contributed by atoms with Crippen LogP contribution in [-0.2, 0) is 5.41 Å². The first-order chi connectivity index (χ1) is 20.4. The van der Waals surface area contributed by atoms with Gasteiger partial charge in [-0.15, -0.1) is 0 Å². The van der Waals surface area contributed by atoms with Gasteiger partial charge in [0.1, 0.15) is 5.69 Å². The second kappa shape index (κ2) is 12.9. The monoisotopic (exact) mass is 566 g/mol. The number of carboxylic acids is 1. The fraction of sp³-hybridized carbons (Fsp3) is 0.303. The molecule has 1 aliphatic heterocycles. The quantitative estimate of drug-likeness (QED) is 0.259. The Morgan fingerprint density at radius 3 is 2.17 bits per heavy atom. The molecule has 5 rings (SSSR count). The van der Waals surface area contributed by atoms with Crippen LogP contribution < -0.4 is 5.32 Å². The Bertz CT molecular complexity index is 1420. The number of aromatic nitrogens is 1. The van der Waals surface area contributed by atoms with Crippen LogP contribution in [0.15, 0.2) is 103 Å². The Morgan fingerprint density at radius 1 is 1.02 bits per heavy atom. The van der Waals surface area contributed by atoms with E-state index in [2.05, 4.69) is 63.7 Å². The molecule has 9 heteroatoms. The number of nitrogens with one attached hydrogen (secondary N) is 1. The van der Waals surface area contributed by atoms with Crippen LogP contribution in [-0.4, -0.2) is 57.5 Å². The summed E-state index contributed by atoms with van der Waals surface area (Å²) in [7, 11) is 0. The number of pyridine rings is 1. The van der Waals surface area contributed by atoms with Crippen LogP contribution >= 0.6 is 0 Å². The lowest BCUT2D eigenvalue weighted by Gasteiger charge is -2.43. The maximum Gasteiger partial charge on any atom is 0.337 e. The summed E-state index contributed by atoms with van der Waals surface area (Å²) in [6, 6.07) is 23.8. The van der Waals surface area contributed by atoms with Gasteiger partial charge in [-0.2, -0.15) is 0 Å².